The molecule has 2 aromatic rings. The molecule has 7 heteroatoms. The Morgan fingerprint density at radius 3 is 2.79 bits per heavy atom. The number of aromatic nitrogens is 1. The van der Waals surface area contributed by atoms with Gasteiger partial charge in [0.1, 0.15) is 11.9 Å². The average Bonchev–Trinajstić information content (AvgIpc) is 3.03. The van der Waals surface area contributed by atoms with Gasteiger partial charge in [0.2, 0.25) is 5.89 Å². The molecule has 1 atom stereocenters. The Labute approximate surface area is 139 Å². The molecule has 1 fully saturated rings. The molecule has 0 bridgehead atoms. The first-order valence-corrected chi connectivity index (χ1v) is 7.93. The van der Waals surface area contributed by atoms with E-state index in [-0.39, 0.29) is 11.7 Å². The van der Waals surface area contributed by atoms with E-state index < -0.39 is 6.10 Å². The number of amides is 1. The number of nitrogens with zero attached hydrogens (tertiary/aromatic N) is 3. The lowest BCUT2D eigenvalue weighted by molar-refractivity contribution is -0.141. The molecule has 0 saturated carbocycles. The molecule has 2 heterocycles. The van der Waals surface area contributed by atoms with Gasteiger partial charge in [-0.3, -0.25) is 9.69 Å². The number of carbonyl (C=O) groups excluding carboxylic acids is 1. The minimum absolute atomic E-state index is 0.237. The van der Waals surface area contributed by atoms with E-state index in [9.17, 15) is 14.3 Å². The van der Waals surface area contributed by atoms with Crippen molar-refractivity contribution in [3.8, 4) is 11.3 Å². The molecule has 1 amide bonds. The summed E-state index contributed by atoms with van der Waals surface area (Å²) in [6, 6.07) is 6.19. The molecule has 6 nitrogen and oxygen atoms in total. The van der Waals surface area contributed by atoms with Crippen LogP contribution in [0.5, 0.6) is 0 Å². The quantitative estimate of drug-likeness (QED) is 0.918. The number of aliphatic hydroxyl groups is 1. The lowest BCUT2D eigenvalue weighted by Gasteiger charge is -2.34. The summed E-state index contributed by atoms with van der Waals surface area (Å²) in [7, 11) is 0. The third-order valence-electron chi connectivity index (χ3n) is 4.06. The predicted molar refractivity (Wildman–Crippen MR) is 85.4 cm³/mol. The van der Waals surface area contributed by atoms with E-state index in [0.717, 1.165) is 0 Å². The normalized spacial score (nSPS) is 17.0. The summed E-state index contributed by atoms with van der Waals surface area (Å²) in [5, 5.41) is 9.35. The predicted octanol–water partition coefficient (Wildman–Crippen LogP) is 1.51. The Hall–Kier alpha value is -2.25. The van der Waals surface area contributed by atoms with Crippen molar-refractivity contribution in [1.29, 1.82) is 0 Å². The molecule has 24 heavy (non-hydrogen) atoms. The van der Waals surface area contributed by atoms with Gasteiger partial charge in [-0.25, -0.2) is 9.37 Å². The second-order valence-corrected chi connectivity index (χ2v) is 5.91. The summed E-state index contributed by atoms with van der Waals surface area (Å²) in [5.74, 6) is 0.542. The first kappa shape index (κ1) is 16.6. The van der Waals surface area contributed by atoms with E-state index in [1.54, 1.807) is 23.2 Å². The molecular weight excluding hydrogens is 313 g/mol. The van der Waals surface area contributed by atoms with Gasteiger partial charge in [0.15, 0.2) is 5.76 Å². The van der Waals surface area contributed by atoms with Gasteiger partial charge < -0.3 is 14.4 Å². The smallest absolute Gasteiger partial charge is 0.251 e. The van der Waals surface area contributed by atoms with Crippen molar-refractivity contribution in [3.05, 3.63) is 42.2 Å². The molecule has 1 aromatic carbocycles. The molecule has 1 unspecified atom stereocenters. The summed E-state index contributed by atoms with van der Waals surface area (Å²) in [5.41, 5.74) is 0.654. The van der Waals surface area contributed by atoms with Crippen LogP contribution in [0.3, 0.4) is 0 Å². The molecule has 0 spiro atoms. The molecule has 1 N–H and O–H groups in total. The van der Waals surface area contributed by atoms with Gasteiger partial charge >= 0.3 is 0 Å². The zero-order valence-electron chi connectivity index (χ0n) is 13.5. The van der Waals surface area contributed by atoms with E-state index in [0.29, 0.717) is 49.9 Å². The number of hydrogen-bond acceptors (Lipinski definition) is 5. The Bertz CT molecular complexity index is 709. The second-order valence-electron chi connectivity index (χ2n) is 5.91. The number of aliphatic hydroxyl groups excluding tert-OH is 1. The van der Waals surface area contributed by atoms with E-state index in [1.807, 2.05) is 0 Å². The van der Waals surface area contributed by atoms with Crippen molar-refractivity contribution in [1.82, 2.24) is 14.8 Å². The Balaban J connectivity index is 1.57. The van der Waals surface area contributed by atoms with Crippen LogP contribution in [0.2, 0.25) is 0 Å². The first-order chi connectivity index (χ1) is 11.5. The number of carbonyl (C=O) groups is 1. The van der Waals surface area contributed by atoms with Crippen molar-refractivity contribution in [2.75, 3.05) is 26.2 Å². The fourth-order valence-electron chi connectivity index (χ4n) is 2.74. The number of rotatable bonds is 4. The monoisotopic (exact) mass is 333 g/mol. The number of hydrogen-bond donors (Lipinski definition) is 1. The zero-order chi connectivity index (χ0) is 17.1. The van der Waals surface area contributed by atoms with Gasteiger partial charge in [-0.05, 0) is 19.1 Å². The van der Waals surface area contributed by atoms with Gasteiger partial charge in [0, 0.05) is 31.7 Å². The van der Waals surface area contributed by atoms with Crippen molar-refractivity contribution < 1.29 is 18.7 Å². The van der Waals surface area contributed by atoms with Crippen LogP contribution in [0.25, 0.3) is 11.3 Å². The topological polar surface area (TPSA) is 69.8 Å². The molecule has 128 valence electrons. The van der Waals surface area contributed by atoms with Crippen LogP contribution in [-0.2, 0) is 11.3 Å². The van der Waals surface area contributed by atoms with Crippen molar-refractivity contribution >= 4 is 5.91 Å². The van der Waals surface area contributed by atoms with Crippen LogP contribution in [-0.4, -0.2) is 58.1 Å². The van der Waals surface area contributed by atoms with E-state index in [2.05, 4.69) is 9.88 Å². The number of oxazole rings is 1. The summed E-state index contributed by atoms with van der Waals surface area (Å²) < 4.78 is 19.0. The Kier molecular flexibility index (Phi) is 4.92. The SMILES string of the molecule is CC(O)C(=O)N1CCN(Cc2ncc(-c3cccc(F)c3)o2)CC1. The molecule has 1 saturated heterocycles. The zero-order valence-corrected chi connectivity index (χ0v) is 13.5. The minimum Gasteiger partial charge on any atom is -0.439 e. The highest BCUT2D eigenvalue weighted by molar-refractivity contribution is 5.80. The average molecular weight is 333 g/mol. The molecule has 0 aliphatic carbocycles. The summed E-state index contributed by atoms with van der Waals surface area (Å²) >= 11 is 0. The number of halogens is 1. The van der Waals surface area contributed by atoms with Crippen molar-refractivity contribution in [3.63, 3.8) is 0 Å². The number of benzene rings is 1. The van der Waals surface area contributed by atoms with E-state index >= 15 is 0 Å². The molecule has 1 aromatic heterocycles. The van der Waals surface area contributed by atoms with Crippen LogP contribution in [0.1, 0.15) is 12.8 Å². The molecule has 1 aliphatic rings. The maximum Gasteiger partial charge on any atom is 0.251 e. The highest BCUT2D eigenvalue weighted by atomic mass is 19.1. The van der Waals surface area contributed by atoms with Crippen LogP contribution in [0.15, 0.2) is 34.9 Å². The van der Waals surface area contributed by atoms with Gasteiger partial charge in [-0.15, -0.1) is 0 Å². The third-order valence-corrected chi connectivity index (χ3v) is 4.06. The highest BCUT2D eigenvalue weighted by Crippen LogP contribution is 2.22. The van der Waals surface area contributed by atoms with Crippen LogP contribution in [0, 0.1) is 5.82 Å². The molecule has 1 aliphatic heterocycles. The molecular formula is C17H20FN3O3. The third kappa shape index (κ3) is 3.80. The fraction of sp³-hybridized carbons (Fsp3) is 0.412. The summed E-state index contributed by atoms with van der Waals surface area (Å²) in [4.78, 5) is 19.8. The highest BCUT2D eigenvalue weighted by Gasteiger charge is 2.24. The summed E-state index contributed by atoms with van der Waals surface area (Å²) in [6.45, 7) is 4.54. The van der Waals surface area contributed by atoms with Crippen LogP contribution < -0.4 is 0 Å². The second kappa shape index (κ2) is 7.11. The fourth-order valence-corrected chi connectivity index (χ4v) is 2.74. The van der Waals surface area contributed by atoms with Crippen molar-refractivity contribution in [2.24, 2.45) is 0 Å². The van der Waals surface area contributed by atoms with Crippen LogP contribution >= 0.6 is 0 Å². The Morgan fingerprint density at radius 2 is 2.12 bits per heavy atom. The van der Waals surface area contributed by atoms with Crippen molar-refractivity contribution in [2.45, 2.75) is 19.6 Å². The Morgan fingerprint density at radius 1 is 1.38 bits per heavy atom. The maximum atomic E-state index is 13.3. The van der Waals surface area contributed by atoms with Gasteiger partial charge in [0.05, 0.1) is 12.7 Å². The van der Waals surface area contributed by atoms with Gasteiger partial charge in [-0.2, -0.15) is 0 Å². The van der Waals surface area contributed by atoms with E-state index in [4.69, 9.17) is 4.42 Å². The number of piperazine rings is 1. The maximum absolute atomic E-state index is 13.3. The lowest BCUT2D eigenvalue weighted by atomic mass is 10.2. The first-order valence-electron chi connectivity index (χ1n) is 7.93. The molecule has 3 rings (SSSR count). The standard InChI is InChI=1S/C17H20FN3O3/c1-12(22)17(23)21-7-5-20(6-8-21)11-16-19-10-15(24-16)13-3-2-4-14(18)9-13/h2-4,9-10,12,22H,5-8,11H2,1H3. The molecule has 0 radical (unpaired) electrons. The van der Waals surface area contributed by atoms with Gasteiger partial charge in [-0.1, -0.05) is 12.1 Å². The van der Waals surface area contributed by atoms with E-state index in [1.165, 1.54) is 19.1 Å². The minimum atomic E-state index is -0.961. The lowest BCUT2D eigenvalue weighted by Crippen LogP contribution is -2.50. The largest absolute Gasteiger partial charge is 0.439 e. The van der Waals surface area contributed by atoms with Crippen LogP contribution in [0.4, 0.5) is 4.39 Å². The van der Waals surface area contributed by atoms with Gasteiger partial charge in [0.25, 0.3) is 5.91 Å². The summed E-state index contributed by atoms with van der Waals surface area (Å²) in [6.07, 6.45) is 0.634.